The molecule has 1 aliphatic carbocycles. The number of aromatic nitrogens is 1. The number of rotatable bonds is 4. The van der Waals surface area contributed by atoms with Crippen molar-refractivity contribution in [1.82, 2.24) is 10.3 Å². The van der Waals surface area contributed by atoms with Crippen LogP contribution >= 0.6 is 22.9 Å². The highest BCUT2D eigenvalue weighted by Gasteiger charge is 2.21. The Morgan fingerprint density at radius 1 is 1.12 bits per heavy atom. The SMILES string of the molecule is Cc1nc(NC(=O)c2ccc(Cl)cc2)sc1C(=O)NC1CCCCC1. The summed E-state index contributed by atoms with van der Waals surface area (Å²) < 4.78 is 0. The Morgan fingerprint density at radius 3 is 2.48 bits per heavy atom. The minimum Gasteiger partial charge on any atom is -0.349 e. The van der Waals surface area contributed by atoms with E-state index in [1.165, 1.54) is 17.8 Å². The van der Waals surface area contributed by atoms with Crippen molar-refractivity contribution < 1.29 is 9.59 Å². The zero-order valence-electron chi connectivity index (χ0n) is 14.0. The van der Waals surface area contributed by atoms with Gasteiger partial charge >= 0.3 is 0 Å². The molecule has 1 aliphatic rings. The highest BCUT2D eigenvalue weighted by molar-refractivity contribution is 7.17. The molecule has 1 aromatic heterocycles. The molecule has 0 unspecified atom stereocenters. The number of thiazole rings is 1. The van der Waals surface area contributed by atoms with Crippen molar-refractivity contribution in [2.24, 2.45) is 0 Å². The van der Waals surface area contributed by atoms with Gasteiger partial charge in [-0.2, -0.15) is 0 Å². The van der Waals surface area contributed by atoms with Gasteiger partial charge in [-0.1, -0.05) is 42.2 Å². The summed E-state index contributed by atoms with van der Waals surface area (Å²) in [7, 11) is 0. The van der Waals surface area contributed by atoms with E-state index in [2.05, 4.69) is 15.6 Å². The van der Waals surface area contributed by atoms with Crippen LogP contribution in [0.2, 0.25) is 5.02 Å². The molecule has 132 valence electrons. The molecule has 0 bridgehead atoms. The molecule has 7 heteroatoms. The van der Waals surface area contributed by atoms with Crippen LogP contribution in [0.4, 0.5) is 5.13 Å². The number of aryl methyl sites for hydroxylation is 1. The largest absolute Gasteiger partial charge is 0.349 e. The summed E-state index contributed by atoms with van der Waals surface area (Å²) in [6, 6.07) is 6.86. The number of carbonyl (C=O) groups excluding carboxylic acids is 2. The molecule has 0 radical (unpaired) electrons. The first-order chi connectivity index (χ1) is 12.0. The third kappa shape index (κ3) is 4.58. The Labute approximate surface area is 155 Å². The first-order valence-electron chi connectivity index (χ1n) is 8.38. The van der Waals surface area contributed by atoms with Gasteiger partial charge in [-0.25, -0.2) is 4.98 Å². The monoisotopic (exact) mass is 377 g/mol. The van der Waals surface area contributed by atoms with Crippen LogP contribution < -0.4 is 10.6 Å². The quantitative estimate of drug-likeness (QED) is 0.828. The maximum absolute atomic E-state index is 12.5. The van der Waals surface area contributed by atoms with Crippen molar-refractivity contribution in [1.29, 1.82) is 0 Å². The van der Waals surface area contributed by atoms with E-state index in [1.807, 2.05) is 0 Å². The summed E-state index contributed by atoms with van der Waals surface area (Å²) in [6.45, 7) is 1.78. The van der Waals surface area contributed by atoms with Crippen molar-refractivity contribution in [2.75, 3.05) is 5.32 Å². The molecule has 0 spiro atoms. The summed E-state index contributed by atoms with van der Waals surface area (Å²) in [5.41, 5.74) is 1.12. The number of carbonyl (C=O) groups is 2. The lowest BCUT2D eigenvalue weighted by molar-refractivity contribution is 0.0930. The topological polar surface area (TPSA) is 71.1 Å². The Kier molecular flexibility index (Phi) is 5.71. The zero-order valence-corrected chi connectivity index (χ0v) is 15.5. The minimum absolute atomic E-state index is 0.103. The van der Waals surface area contributed by atoms with Crippen molar-refractivity contribution in [2.45, 2.75) is 45.1 Å². The lowest BCUT2D eigenvalue weighted by Crippen LogP contribution is -2.36. The van der Waals surface area contributed by atoms with Crippen LogP contribution in [0.25, 0.3) is 0 Å². The van der Waals surface area contributed by atoms with Crippen LogP contribution in [0, 0.1) is 6.92 Å². The number of hydrogen-bond donors (Lipinski definition) is 2. The Morgan fingerprint density at radius 2 is 1.80 bits per heavy atom. The van der Waals surface area contributed by atoms with E-state index in [0.29, 0.717) is 26.3 Å². The van der Waals surface area contributed by atoms with E-state index in [4.69, 9.17) is 11.6 Å². The van der Waals surface area contributed by atoms with Gasteiger partial charge in [0.1, 0.15) is 4.88 Å². The third-order valence-corrected chi connectivity index (χ3v) is 5.59. The van der Waals surface area contributed by atoms with Crippen LogP contribution in [-0.2, 0) is 0 Å². The van der Waals surface area contributed by atoms with Gasteiger partial charge in [-0.15, -0.1) is 0 Å². The second-order valence-electron chi connectivity index (χ2n) is 6.20. The van der Waals surface area contributed by atoms with E-state index in [9.17, 15) is 9.59 Å². The molecule has 1 aromatic carbocycles. The van der Waals surface area contributed by atoms with E-state index in [1.54, 1.807) is 31.2 Å². The number of nitrogens with zero attached hydrogens (tertiary/aromatic N) is 1. The third-order valence-electron chi connectivity index (χ3n) is 4.27. The lowest BCUT2D eigenvalue weighted by Gasteiger charge is -2.22. The maximum Gasteiger partial charge on any atom is 0.263 e. The first kappa shape index (κ1) is 17.9. The molecule has 25 heavy (non-hydrogen) atoms. The number of nitrogens with one attached hydrogen (secondary N) is 2. The van der Waals surface area contributed by atoms with Crippen LogP contribution in [0.3, 0.4) is 0 Å². The highest BCUT2D eigenvalue weighted by Crippen LogP contribution is 2.24. The molecule has 3 rings (SSSR count). The molecular formula is C18H20ClN3O2S. The second kappa shape index (κ2) is 7.97. The number of anilines is 1. The van der Waals surface area contributed by atoms with Gasteiger partial charge in [0.15, 0.2) is 5.13 Å². The summed E-state index contributed by atoms with van der Waals surface area (Å²) in [6.07, 6.45) is 5.63. The molecule has 2 N–H and O–H groups in total. The van der Waals surface area contributed by atoms with Gasteiger partial charge < -0.3 is 5.32 Å². The molecule has 1 heterocycles. The van der Waals surface area contributed by atoms with E-state index in [0.717, 1.165) is 25.7 Å². The van der Waals surface area contributed by atoms with Gasteiger partial charge in [-0.05, 0) is 44.0 Å². The Bertz CT molecular complexity index is 767. The van der Waals surface area contributed by atoms with Crippen LogP contribution in [0.5, 0.6) is 0 Å². The first-order valence-corrected chi connectivity index (χ1v) is 9.57. The maximum atomic E-state index is 12.5. The predicted molar refractivity (Wildman–Crippen MR) is 101 cm³/mol. The molecule has 5 nitrogen and oxygen atoms in total. The lowest BCUT2D eigenvalue weighted by atomic mass is 9.95. The summed E-state index contributed by atoms with van der Waals surface area (Å²) in [4.78, 5) is 29.6. The van der Waals surface area contributed by atoms with Gasteiger partial charge in [-0.3, -0.25) is 14.9 Å². The predicted octanol–water partition coefficient (Wildman–Crippen LogP) is 4.42. The molecule has 1 saturated carbocycles. The minimum atomic E-state index is -0.273. The fourth-order valence-electron chi connectivity index (χ4n) is 2.93. The Hall–Kier alpha value is -1.92. The number of benzene rings is 1. The van der Waals surface area contributed by atoms with Crippen molar-refractivity contribution in [3.8, 4) is 0 Å². The highest BCUT2D eigenvalue weighted by atomic mass is 35.5. The van der Waals surface area contributed by atoms with Gasteiger partial charge in [0.2, 0.25) is 0 Å². The molecular weight excluding hydrogens is 358 g/mol. The van der Waals surface area contributed by atoms with E-state index < -0.39 is 0 Å². The van der Waals surface area contributed by atoms with E-state index >= 15 is 0 Å². The summed E-state index contributed by atoms with van der Waals surface area (Å²) in [5, 5.41) is 6.82. The molecule has 2 amide bonds. The number of amides is 2. The molecule has 0 atom stereocenters. The van der Waals surface area contributed by atoms with Crippen molar-refractivity contribution in [3.05, 3.63) is 45.4 Å². The molecule has 0 aliphatic heterocycles. The normalized spacial score (nSPS) is 15.0. The van der Waals surface area contributed by atoms with Crippen LogP contribution in [0.1, 0.15) is 57.8 Å². The average Bonchev–Trinajstić information content (AvgIpc) is 2.96. The zero-order chi connectivity index (χ0) is 17.8. The van der Waals surface area contributed by atoms with E-state index in [-0.39, 0.29) is 17.9 Å². The van der Waals surface area contributed by atoms with Gasteiger partial charge in [0.05, 0.1) is 5.69 Å². The fraction of sp³-hybridized carbons (Fsp3) is 0.389. The van der Waals surface area contributed by atoms with Crippen LogP contribution in [-0.4, -0.2) is 22.8 Å². The summed E-state index contributed by atoms with van der Waals surface area (Å²) >= 11 is 7.03. The molecule has 2 aromatic rings. The number of hydrogen-bond acceptors (Lipinski definition) is 4. The second-order valence-corrected chi connectivity index (χ2v) is 7.64. The van der Waals surface area contributed by atoms with Gasteiger partial charge in [0.25, 0.3) is 11.8 Å². The molecule has 1 fully saturated rings. The van der Waals surface area contributed by atoms with Crippen molar-refractivity contribution >= 4 is 39.9 Å². The number of halogens is 1. The Balaban J connectivity index is 1.66. The molecule has 0 saturated heterocycles. The van der Waals surface area contributed by atoms with Crippen LogP contribution in [0.15, 0.2) is 24.3 Å². The fourth-order valence-corrected chi connectivity index (χ4v) is 3.92. The standard InChI is InChI=1S/C18H20ClN3O2S/c1-11-15(17(24)21-14-5-3-2-4-6-14)25-18(20-11)22-16(23)12-7-9-13(19)10-8-12/h7-10,14H,2-6H2,1H3,(H,21,24)(H,20,22,23). The van der Waals surface area contributed by atoms with Crippen molar-refractivity contribution in [3.63, 3.8) is 0 Å². The smallest absolute Gasteiger partial charge is 0.263 e. The average molecular weight is 378 g/mol. The van der Waals surface area contributed by atoms with Gasteiger partial charge in [0, 0.05) is 16.6 Å². The summed E-state index contributed by atoms with van der Waals surface area (Å²) in [5.74, 6) is -0.376.